The van der Waals surface area contributed by atoms with Crippen molar-refractivity contribution in [2.24, 2.45) is 5.92 Å². The summed E-state index contributed by atoms with van der Waals surface area (Å²) < 4.78 is 0. The van der Waals surface area contributed by atoms with Gasteiger partial charge >= 0.3 is 0 Å². The van der Waals surface area contributed by atoms with Crippen LogP contribution in [-0.2, 0) is 6.61 Å². The third-order valence-electron chi connectivity index (χ3n) is 3.11. The summed E-state index contributed by atoms with van der Waals surface area (Å²) in [7, 11) is 0. The van der Waals surface area contributed by atoms with Crippen LogP contribution in [0.15, 0.2) is 0 Å². The zero-order valence-electron chi connectivity index (χ0n) is 9.60. The molecule has 4 nitrogen and oxygen atoms in total. The van der Waals surface area contributed by atoms with Gasteiger partial charge in [-0.2, -0.15) is 0 Å². The van der Waals surface area contributed by atoms with E-state index < -0.39 is 0 Å². The van der Waals surface area contributed by atoms with Crippen molar-refractivity contribution >= 4 is 28.1 Å². The van der Waals surface area contributed by atoms with E-state index in [9.17, 15) is 0 Å². The summed E-state index contributed by atoms with van der Waals surface area (Å²) in [6.07, 6.45) is 3.14. The molecule has 1 aromatic rings. The Morgan fingerprint density at radius 3 is 2.94 bits per heavy atom. The Bertz CT molecular complexity index is 370. The monoisotopic (exact) mass is 276 g/mol. The molecule has 2 N–H and O–H groups in total. The van der Waals surface area contributed by atoms with Crippen molar-refractivity contribution in [1.82, 2.24) is 4.98 Å². The summed E-state index contributed by atoms with van der Waals surface area (Å²) >= 11 is 7.39. The normalized spacial score (nSPS) is 20.9. The molecule has 0 aliphatic carbocycles. The topological polar surface area (TPSA) is 56.6 Å². The smallest absolute Gasteiger partial charge is 0.187 e. The highest BCUT2D eigenvalue weighted by Gasteiger charge is 2.22. The molecule has 1 aliphatic rings. The summed E-state index contributed by atoms with van der Waals surface area (Å²) in [5.41, 5.74) is 0. The van der Waals surface area contributed by atoms with Crippen LogP contribution in [0.1, 0.15) is 24.1 Å². The van der Waals surface area contributed by atoms with Crippen LogP contribution >= 0.6 is 22.9 Å². The third-order valence-corrected chi connectivity index (χ3v) is 4.63. The molecule has 0 saturated carbocycles. The van der Waals surface area contributed by atoms with Gasteiger partial charge in [-0.05, 0) is 25.2 Å². The molecule has 2 rings (SSSR count). The fourth-order valence-corrected chi connectivity index (χ4v) is 3.36. The number of nitrogens with zero attached hydrogens (tertiary/aromatic N) is 2. The number of piperidine rings is 1. The third kappa shape index (κ3) is 3.10. The van der Waals surface area contributed by atoms with Gasteiger partial charge in [-0.15, -0.1) is 0 Å². The van der Waals surface area contributed by atoms with Crippen molar-refractivity contribution in [3.63, 3.8) is 0 Å². The lowest BCUT2D eigenvalue weighted by Gasteiger charge is -2.32. The highest BCUT2D eigenvalue weighted by atomic mass is 35.5. The summed E-state index contributed by atoms with van der Waals surface area (Å²) in [5.74, 6) is 0.536. The average Bonchev–Trinajstić information content (AvgIpc) is 2.71. The largest absolute Gasteiger partial charge is 0.396 e. The molecule has 96 valence electrons. The summed E-state index contributed by atoms with van der Waals surface area (Å²) in [5, 5.41) is 19.4. The molecule has 6 heteroatoms. The van der Waals surface area contributed by atoms with Gasteiger partial charge in [0.15, 0.2) is 5.13 Å². The minimum absolute atomic E-state index is 0.0512. The first kappa shape index (κ1) is 13.1. The Morgan fingerprint density at radius 2 is 2.29 bits per heavy atom. The molecule has 17 heavy (non-hydrogen) atoms. The Hall–Kier alpha value is -0.360. The molecule has 1 fully saturated rings. The minimum Gasteiger partial charge on any atom is -0.396 e. The van der Waals surface area contributed by atoms with Gasteiger partial charge in [-0.1, -0.05) is 22.9 Å². The SMILES string of the molecule is OCCC1CCCN(c2nc(Cl)c(CO)s2)C1. The predicted molar refractivity (Wildman–Crippen MR) is 69.7 cm³/mol. The summed E-state index contributed by atoms with van der Waals surface area (Å²) in [6.45, 7) is 2.11. The van der Waals surface area contributed by atoms with Gasteiger partial charge in [-0.25, -0.2) is 4.98 Å². The molecule has 2 heterocycles. The summed E-state index contributed by atoms with van der Waals surface area (Å²) in [6, 6.07) is 0. The van der Waals surface area contributed by atoms with Crippen LogP contribution < -0.4 is 4.90 Å². The van der Waals surface area contributed by atoms with Gasteiger partial charge in [0, 0.05) is 19.7 Å². The maximum absolute atomic E-state index is 9.10. The number of hydrogen-bond donors (Lipinski definition) is 2. The van der Waals surface area contributed by atoms with Crippen LogP contribution in [0.5, 0.6) is 0 Å². The number of aliphatic hydroxyl groups excluding tert-OH is 2. The van der Waals surface area contributed by atoms with Gasteiger partial charge in [0.2, 0.25) is 0 Å². The molecule has 0 amide bonds. The molecular formula is C11H17ClN2O2S. The molecule has 0 radical (unpaired) electrons. The lowest BCUT2D eigenvalue weighted by Crippen LogP contribution is -2.35. The van der Waals surface area contributed by atoms with E-state index in [0.29, 0.717) is 11.1 Å². The van der Waals surface area contributed by atoms with Crippen LogP contribution in [0.2, 0.25) is 5.15 Å². The first-order chi connectivity index (χ1) is 8.24. The quantitative estimate of drug-likeness (QED) is 0.882. The van der Waals surface area contributed by atoms with E-state index in [4.69, 9.17) is 21.8 Å². The molecule has 0 spiro atoms. The van der Waals surface area contributed by atoms with E-state index in [1.807, 2.05) is 0 Å². The van der Waals surface area contributed by atoms with Crippen LogP contribution in [0, 0.1) is 5.92 Å². The van der Waals surface area contributed by atoms with Gasteiger partial charge in [0.05, 0.1) is 11.5 Å². The minimum atomic E-state index is -0.0512. The number of halogens is 1. The maximum atomic E-state index is 9.10. The molecule has 1 atom stereocenters. The van der Waals surface area contributed by atoms with Crippen LogP contribution in [-0.4, -0.2) is 34.9 Å². The second-order valence-electron chi connectivity index (χ2n) is 4.34. The lowest BCUT2D eigenvalue weighted by atomic mass is 9.95. The highest BCUT2D eigenvalue weighted by Crippen LogP contribution is 2.32. The molecule has 0 bridgehead atoms. The van der Waals surface area contributed by atoms with E-state index in [1.54, 1.807) is 0 Å². The van der Waals surface area contributed by atoms with Crippen LogP contribution in [0.3, 0.4) is 0 Å². The van der Waals surface area contributed by atoms with Crippen LogP contribution in [0.25, 0.3) is 0 Å². The molecule has 1 aromatic heterocycles. The lowest BCUT2D eigenvalue weighted by molar-refractivity contribution is 0.244. The fraction of sp³-hybridized carbons (Fsp3) is 0.727. The van der Waals surface area contributed by atoms with Gasteiger partial charge < -0.3 is 15.1 Å². The van der Waals surface area contributed by atoms with Crippen molar-refractivity contribution < 1.29 is 10.2 Å². The maximum Gasteiger partial charge on any atom is 0.187 e. The van der Waals surface area contributed by atoms with Gasteiger partial charge in [0.1, 0.15) is 5.15 Å². The van der Waals surface area contributed by atoms with Gasteiger partial charge in [0.25, 0.3) is 0 Å². The first-order valence-electron chi connectivity index (χ1n) is 5.86. The molecule has 1 unspecified atom stereocenters. The summed E-state index contributed by atoms with van der Waals surface area (Å²) in [4.78, 5) is 7.22. The van der Waals surface area contributed by atoms with Crippen molar-refractivity contribution in [2.75, 3.05) is 24.6 Å². The van der Waals surface area contributed by atoms with Crippen molar-refractivity contribution in [3.05, 3.63) is 10.0 Å². The Balaban J connectivity index is 2.05. The molecular weight excluding hydrogens is 260 g/mol. The zero-order valence-corrected chi connectivity index (χ0v) is 11.2. The van der Waals surface area contributed by atoms with E-state index in [1.165, 1.54) is 17.8 Å². The number of thiazole rings is 1. The number of anilines is 1. The van der Waals surface area contributed by atoms with Crippen LogP contribution in [0.4, 0.5) is 5.13 Å². The van der Waals surface area contributed by atoms with Gasteiger partial charge in [-0.3, -0.25) is 0 Å². The second kappa shape index (κ2) is 6.00. The Labute approximate surface area is 110 Å². The average molecular weight is 277 g/mol. The Morgan fingerprint density at radius 1 is 1.47 bits per heavy atom. The van der Waals surface area contributed by atoms with Crippen molar-refractivity contribution in [3.8, 4) is 0 Å². The number of aromatic nitrogens is 1. The van der Waals surface area contributed by atoms with E-state index in [2.05, 4.69) is 9.88 Å². The molecule has 0 aromatic carbocycles. The molecule has 1 aliphatic heterocycles. The Kier molecular flexibility index (Phi) is 4.62. The first-order valence-corrected chi connectivity index (χ1v) is 7.06. The molecule has 1 saturated heterocycles. The predicted octanol–water partition coefficient (Wildman–Crippen LogP) is 1.89. The number of hydrogen-bond acceptors (Lipinski definition) is 5. The van der Waals surface area contributed by atoms with Crippen molar-refractivity contribution in [2.45, 2.75) is 25.9 Å². The van der Waals surface area contributed by atoms with Crippen molar-refractivity contribution in [1.29, 1.82) is 0 Å². The van der Waals surface area contributed by atoms with E-state index in [0.717, 1.165) is 35.9 Å². The number of rotatable bonds is 4. The van der Waals surface area contributed by atoms with E-state index in [-0.39, 0.29) is 13.2 Å². The highest BCUT2D eigenvalue weighted by molar-refractivity contribution is 7.16. The fourth-order valence-electron chi connectivity index (χ4n) is 2.21. The van der Waals surface area contributed by atoms with E-state index >= 15 is 0 Å². The standard InChI is InChI=1S/C11H17ClN2O2S/c12-10-9(7-16)17-11(13-10)14-4-1-2-8(6-14)3-5-15/h8,15-16H,1-7H2. The number of aliphatic hydroxyl groups is 2. The second-order valence-corrected chi connectivity index (χ2v) is 5.76. The zero-order chi connectivity index (χ0) is 12.3.